The molecular formula is C23H31N5O4. The average Bonchev–Trinajstić information content (AvgIpc) is 2.82. The van der Waals surface area contributed by atoms with Crippen LogP contribution >= 0.6 is 0 Å². The number of hydrogen-bond donors (Lipinski definition) is 3. The van der Waals surface area contributed by atoms with Gasteiger partial charge in [0.15, 0.2) is 5.96 Å². The molecule has 32 heavy (non-hydrogen) atoms. The molecule has 0 bridgehead atoms. The zero-order chi connectivity index (χ0) is 22.8. The van der Waals surface area contributed by atoms with Crippen molar-refractivity contribution in [1.82, 2.24) is 10.6 Å². The molecule has 1 fully saturated rings. The number of aliphatic hydroxyl groups excluding tert-OH is 1. The largest absolute Gasteiger partial charge is 0.491 e. The Morgan fingerprint density at radius 3 is 2.53 bits per heavy atom. The van der Waals surface area contributed by atoms with Crippen molar-refractivity contribution >= 4 is 17.3 Å². The third kappa shape index (κ3) is 7.12. The summed E-state index contributed by atoms with van der Waals surface area (Å²) in [5.41, 5.74) is 1.25. The van der Waals surface area contributed by atoms with Gasteiger partial charge in [-0.2, -0.15) is 0 Å². The molecular weight excluding hydrogens is 410 g/mol. The molecule has 1 atom stereocenters. The number of nitro groups is 1. The fourth-order valence-electron chi connectivity index (χ4n) is 3.54. The number of piperidine rings is 1. The lowest BCUT2D eigenvalue weighted by Crippen LogP contribution is -2.49. The SMILES string of the molecule is CCNC(=NCC(O)COc1ccc([N+](=O)[O-])cc1)NC1CCN(c2ccccc2)CC1. The van der Waals surface area contributed by atoms with E-state index in [4.69, 9.17) is 4.74 Å². The minimum atomic E-state index is -0.791. The van der Waals surface area contributed by atoms with Gasteiger partial charge < -0.3 is 25.4 Å². The molecule has 0 spiro atoms. The second kappa shape index (κ2) is 11.9. The average molecular weight is 442 g/mol. The number of ether oxygens (including phenoxy) is 1. The van der Waals surface area contributed by atoms with Crippen LogP contribution in [-0.2, 0) is 0 Å². The fraction of sp³-hybridized carbons (Fsp3) is 0.435. The van der Waals surface area contributed by atoms with E-state index in [0.29, 0.717) is 17.8 Å². The van der Waals surface area contributed by atoms with Crippen LogP contribution in [0.5, 0.6) is 5.75 Å². The molecule has 9 nitrogen and oxygen atoms in total. The van der Waals surface area contributed by atoms with Crippen molar-refractivity contribution in [2.45, 2.75) is 31.9 Å². The Morgan fingerprint density at radius 2 is 1.91 bits per heavy atom. The molecule has 0 aliphatic carbocycles. The van der Waals surface area contributed by atoms with E-state index in [0.717, 1.165) is 32.5 Å². The normalized spacial score (nSPS) is 15.8. The molecule has 0 saturated carbocycles. The number of guanidine groups is 1. The highest BCUT2D eigenvalue weighted by Gasteiger charge is 2.20. The van der Waals surface area contributed by atoms with Crippen molar-refractivity contribution in [3.8, 4) is 5.75 Å². The number of hydrogen-bond acceptors (Lipinski definition) is 6. The number of benzene rings is 2. The number of rotatable bonds is 9. The van der Waals surface area contributed by atoms with E-state index in [1.807, 2.05) is 13.0 Å². The predicted molar refractivity (Wildman–Crippen MR) is 125 cm³/mol. The molecule has 1 heterocycles. The van der Waals surface area contributed by atoms with Crippen molar-refractivity contribution in [3.63, 3.8) is 0 Å². The molecule has 172 valence electrons. The molecule has 1 aliphatic heterocycles. The summed E-state index contributed by atoms with van der Waals surface area (Å²) in [5.74, 6) is 1.15. The number of anilines is 1. The summed E-state index contributed by atoms with van der Waals surface area (Å²) in [7, 11) is 0. The van der Waals surface area contributed by atoms with E-state index in [-0.39, 0.29) is 18.8 Å². The quantitative estimate of drug-likeness (QED) is 0.237. The van der Waals surface area contributed by atoms with E-state index in [1.54, 1.807) is 0 Å². The van der Waals surface area contributed by atoms with Crippen molar-refractivity contribution < 1.29 is 14.8 Å². The zero-order valence-corrected chi connectivity index (χ0v) is 18.3. The molecule has 9 heteroatoms. The molecule has 3 rings (SSSR count). The van der Waals surface area contributed by atoms with Crippen LogP contribution in [0.2, 0.25) is 0 Å². The first-order valence-electron chi connectivity index (χ1n) is 11.0. The van der Waals surface area contributed by atoms with E-state index in [9.17, 15) is 15.2 Å². The summed E-state index contributed by atoms with van der Waals surface area (Å²) < 4.78 is 5.51. The third-order valence-electron chi connectivity index (χ3n) is 5.25. The van der Waals surface area contributed by atoms with Gasteiger partial charge in [-0.25, -0.2) is 0 Å². The minimum absolute atomic E-state index is 0.00143. The van der Waals surface area contributed by atoms with Gasteiger partial charge in [0.2, 0.25) is 0 Å². The summed E-state index contributed by atoms with van der Waals surface area (Å²) in [6.07, 6.45) is 1.22. The van der Waals surface area contributed by atoms with E-state index in [1.165, 1.54) is 30.0 Å². The van der Waals surface area contributed by atoms with Gasteiger partial charge in [0.25, 0.3) is 5.69 Å². The lowest BCUT2D eigenvalue weighted by atomic mass is 10.0. The summed E-state index contributed by atoms with van der Waals surface area (Å²) in [6.45, 7) is 4.92. The summed E-state index contributed by atoms with van der Waals surface area (Å²) in [4.78, 5) is 17.1. The Labute approximate surface area is 188 Å². The Morgan fingerprint density at radius 1 is 1.22 bits per heavy atom. The van der Waals surface area contributed by atoms with Crippen LogP contribution in [0.25, 0.3) is 0 Å². The molecule has 1 unspecified atom stereocenters. The number of aliphatic hydroxyl groups is 1. The van der Waals surface area contributed by atoms with Gasteiger partial charge in [-0.05, 0) is 44.0 Å². The summed E-state index contributed by atoms with van der Waals surface area (Å²) in [6, 6.07) is 16.5. The Bertz CT molecular complexity index is 868. The number of aliphatic imine (C=N–C) groups is 1. The smallest absolute Gasteiger partial charge is 0.269 e. The van der Waals surface area contributed by atoms with Crippen molar-refractivity contribution in [1.29, 1.82) is 0 Å². The van der Waals surface area contributed by atoms with E-state index < -0.39 is 11.0 Å². The van der Waals surface area contributed by atoms with Gasteiger partial charge >= 0.3 is 0 Å². The van der Waals surface area contributed by atoms with Crippen molar-refractivity contribution in [2.24, 2.45) is 4.99 Å². The van der Waals surface area contributed by atoms with Gasteiger partial charge in [-0.3, -0.25) is 15.1 Å². The molecule has 2 aromatic rings. The Balaban J connectivity index is 1.44. The first-order valence-corrected chi connectivity index (χ1v) is 11.0. The van der Waals surface area contributed by atoms with Crippen LogP contribution in [0, 0.1) is 10.1 Å². The van der Waals surface area contributed by atoms with Crippen molar-refractivity contribution in [3.05, 3.63) is 64.7 Å². The number of nitro benzene ring substituents is 1. The van der Waals surface area contributed by atoms with Gasteiger partial charge in [0.05, 0.1) is 11.5 Å². The van der Waals surface area contributed by atoms with Crippen LogP contribution in [0.4, 0.5) is 11.4 Å². The maximum Gasteiger partial charge on any atom is 0.269 e. The zero-order valence-electron chi connectivity index (χ0n) is 18.3. The fourth-order valence-corrected chi connectivity index (χ4v) is 3.54. The van der Waals surface area contributed by atoms with Gasteiger partial charge in [0, 0.05) is 43.5 Å². The molecule has 1 saturated heterocycles. The predicted octanol–water partition coefficient (Wildman–Crippen LogP) is 2.56. The molecule has 3 N–H and O–H groups in total. The van der Waals surface area contributed by atoms with Crippen LogP contribution in [-0.4, -0.2) is 60.9 Å². The highest BCUT2D eigenvalue weighted by molar-refractivity contribution is 5.80. The number of nitrogens with zero attached hydrogens (tertiary/aromatic N) is 3. The maximum absolute atomic E-state index is 10.7. The Kier molecular flexibility index (Phi) is 8.68. The number of nitrogens with one attached hydrogen (secondary N) is 2. The second-order valence-corrected chi connectivity index (χ2v) is 7.68. The van der Waals surface area contributed by atoms with E-state index in [2.05, 4.69) is 44.8 Å². The molecule has 0 radical (unpaired) electrons. The number of non-ortho nitro benzene ring substituents is 1. The van der Waals surface area contributed by atoms with Crippen LogP contribution in [0.3, 0.4) is 0 Å². The van der Waals surface area contributed by atoms with Gasteiger partial charge in [0.1, 0.15) is 18.5 Å². The molecule has 0 aromatic heterocycles. The van der Waals surface area contributed by atoms with Crippen LogP contribution in [0.1, 0.15) is 19.8 Å². The molecule has 0 amide bonds. The Hall–Kier alpha value is -3.33. The van der Waals surface area contributed by atoms with Crippen LogP contribution < -0.4 is 20.3 Å². The second-order valence-electron chi connectivity index (χ2n) is 7.68. The van der Waals surface area contributed by atoms with Gasteiger partial charge in [-0.15, -0.1) is 0 Å². The van der Waals surface area contributed by atoms with E-state index >= 15 is 0 Å². The summed E-state index contributed by atoms with van der Waals surface area (Å²) in [5, 5.41) is 27.6. The monoisotopic (exact) mass is 441 g/mol. The summed E-state index contributed by atoms with van der Waals surface area (Å²) >= 11 is 0. The third-order valence-corrected chi connectivity index (χ3v) is 5.25. The highest BCUT2D eigenvalue weighted by atomic mass is 16.6. The molecule has 2 aromatic carbocycles. The first kappa shape index (κ1) is 23.3. The minimum Gasteiger partial charge on any atom is -0.491 e. The molecule has 1 aliphatic rings. The highest BCUT2D eigenvalue weighted by Crippen LogP contribution is 2.19. The first-order chi connectivity index (χ1) is 15.5. The lowest BCUT2D eigenvalue weighted by molar-refractivity contribution is -0.384. The maximum atomic E-state index is 10.7. The number of para-hydroxylation sites is 1. The standard InChI is InChI=1S/C23H31N5O4/c1-2-24-23(26-18-12-14-27(15-13-18)19-6-4-3-5-7-19)25-16-21(29)17-32-22-10-8-20(9-11-22)28(30)31/h3-11,18,21,29H,2,12-17H2,1H3,(H2,24,25,26). The van der Waals surface area contributed by atoms with Gasteiger partial charge in [-0.1, -0.05) is 18.2 Å². The topological polar surface area (TPSA) is 112 Å². The van der Waals surface area contributed by atoms with Crippen LogP contribution in [0.15, 0.2) is 59.6 Å². The van der Waals surface area contributed by atoms with Crippen molar-refractivity contribution in [2.75, 3.05) is 37.7 Å². The lowest BCUT2D eigenvalue weighted by Gasteiger charge is -2.34.